The normalized spacial score (nSPS) is 15.3. The van der Waals surface area contributed by atoms with Crippen LogP contribution in [-0.2, 0) is 18.0 Å². The van der Waals surface area contributed by atoms with Crippen LogP contribution in [0.1, 0.15) is 5.69 Å². The van der Waals surface area contributed by atoms with Gasteiger partial charge in [0.15, 0.2) is 0 Å². The van der Waals surface area contributed by atoms with E-state index in [0.29, 0.717) is 47.8 Å². The van der Waals surface area contributed by atoms with E-state index in [2.05, 4.69) is 15.0 Å². The first-order valence-corrected chi connectivity index (χ1v) is 10.8. The average molecular weight is 473 g/mol. The van der Waals surface area contributed by atoms with Gasteiger partial charge >= 0.3 is 6.18 Å². The predicted octanol–water partition coefficient (Wildman–Crippen LogP) is 2.98. The molecule has 1 fully saturated rings. The summed E-state index contributed by atoms with van der Waals surface area (Å²) in [7, 11) is 1.60. The van der Waals surface area contributed by atoms with E-state index < -0.39 is 11.9 Å². The molecule has 0 atom stereocenters. The zero-order chi connectivity index (χ0) is 23.9. The second-order valence-electron chi connectivity index (χ2n) is 8.07. The zero-order valence-electron chi connectivity index (χ0n) is 18.4. The van der Waals surface area contributed by atoms with E-state index in [1.165, 1.54) is 10.6 Å². The molecule has 0 bridgehead atoms. The highest BCUT2D eigenvalue weighted by Gasteiger charge is 2.32. The summed E-state index contributed by atoms with van der Waals surface area (Å²) in [6, 6.07) is 9.16. The first-order valence-electron chi connectivity index (χ1n) is 10.8. The summed E-state index contributed by atoms with van der Waals surface area (Å²) < 4.78 is 53.5. The molecule has 5 rings (SSSR count). The van der Waals surface area contributed by atoms with Gasteiger partial charge in [-0.25, -0.2) is 4.52 Å². The van der Waals surface area contributed by atoms with Crippen molar-refractivity contribution in [3.8, 4) is 17.0 Å². The van der Waals surface area contributed by atoms with Gasteiger partial charge in [0.25, 0.3) is 5.56 Å². The van der Waals surface area contributed by atoms with E-state index in [-0.39, 0.29) is 11.1 Å². The number of alkyl halides is 3. The topological polar surface area (TPSA) is 73.9 Å². The maximum atomic E-state index is 13.1. The number of hydrogen-bond donors (Lipinski definition) is 0. The Bertz CT molecular complexity index is 1410. The highest BCUT2D eigenvalue weighted by atomic mass is 19.4. The first-order chi connectivity index (χ1) is 16.3. The van der Waals surface area contributed by atoms with Gasteiger partial charge in [-0.15, -0.1) is 0 Å². The minimum atomic E-state index is -4.56. The maximum absolute atomic E-state index is 13.1. The van der Waals surface area contributed by atoms with Crippen LogP contribution in [-0.4, -0.2) is 63.5 Å². The molecule has 0 saturated carbocycles. The Kier molecular flexibility index (Phi) is 5.74. The first kappa shape index (κ1) is 22.4. The largest absolute Gasteiger partial charge is 0.492 e. The second-order valence-corrected chi connectivity index (χ2v) is 8.07. The predicted molar refractivity (Wildman–Crippen MR) is 119 cm³/mol. The van der Waals surface area contributed by atoms with E-state index in [1.54, 1.807) is 35.8 Å². The molecule has 0 spiro atoms. The van der Waals surface area contributed by atoms with Crippen molar-refractivity contribution in [2.24, 2.45) is 7.05 Å². The number of ether oxygens (including phenoxy) is 2. The third kappa shape index (κ3) is 4.24. The molecule has 1 saturated heterocycles. The van der Waals surface area contributed by atoms with Crippen molar-refractivity contribution in [1.29, 1.82) is 0 Å². The Morgan fingerprint density at radius 2 is 1.91 bits per heavy atom. The molecule has 11 heteroatoms. The molecule has 0 aliphatic carbocycles. The van der Waals surface area contributed by atoms with Gasteiger partial charge in [0, 0.05) is 44.5 Å². The number of rotatable bonds is 5. The van der Waals surface area contributed by atoms with E-state index in [1.807, 2.05) is 0 Å². The molecule has 3 aromatic heterocycles. The van der Waals surface area contributed by atoms with Crippen LogP contribution in [0, 0.1) is 0 Å². The van der Waals surface area contributed by atoms with E-state index in [9.17, 15) is 18.0 Å². The Balaban J connectivity index is 1.48. The average Bonchev–Trinajstić information content (AvgIpc) is 3.29. The third-order valence-electron chi connectivity index (χ3n) is 5.89. The maximum Gasteiger partial charge on any atom is 0.433 e. The lowest BCUT2D eigenvalue weighted by Crippen LogP contribution is -2.38. The molecular weight excluding hydrogens is 451 g/mol. The van der Waals surface area contributed by atoms with E-state index in [0.717, 1.165) is 31.9 Å². The van der Waals surface area contributed by atoms with Gasteiger partial charge in [0.1, 0.15) is 23.7 Å². The lowest BCUT2D eigenvalue weighted by Gasteiger charge is -2.26. The lowest BCUT2D eigenvalue weighted by atomic mass is 10.1. The lowest BCUT2D eigenvalue weighted by molar-refractivity contribution is -0.141. The number of pyridine rings is 1. The van der Waals surface area contributed by atoms with Crippen molar-refractivity contribution in [1.82, 2.24) is 24.1 Å². The molecule has 1 aliphatic rings. The number of aromatic nitrogens is 4. The molecular formula is C23H22F3N5O3. The van der Waals surface area contributed by atoms with Crippen LogP contribution in [0.4, 0.5) is 13.2 Å². The fraction of sp³-hybridized carbons (Fsp3) is 0.348. The van der Waals surface area contributed by atoms with E-state index >= 15 is 0 Å². The van der Waals surface area contributed by atoms with Crippen molar-refractivity contribution in [2.45, 2.75) is 6.18 Å². The molecule has 178 valence electrons. The van der Waals surface area contributed by atoms with Crippen LogP contribution in [0.15, 0.2) is 47.4 Å². The summed E-state index contributed by atoms with van der Waals surface area (Å²) in [4.78, 5) is 18.7. The Morgan fingerprint density at radius 1 is 1.12 bits per heavy atom. The number of nitrogens with zero attached hydrogens (tertiary/aromatic N) is 5. The number of benzene rings is 1. The van der Waals surface area contributed by atoms with Crippen molar-refractivity contribution in [3.63, 3.8) is 0 Å². The number of morpholine rings is 1. The number of aryl methyl sites for hydroxylation is 1. The molecule has 8 nitrogen and oxygen atoms in total. The van der Waals surface area contributed by atoms with Crippen LogP contribution >= 0.6 is 0 Å². The van der Waals surface area contributed by atoms with E-state index in [4.69, 9.17) is 9.47 Å². The SMILES string of the molecule is Cn1c(=O)c2cc(OCCN3CCOCC3)ccc2n2nc(-c3ccnc(C(F)(F)F)c3)cc12. The summed E-state index contributed by atoms with van der Waals surface area (Å²) >= 11 is 0. The molecule has 0 amide bonds. The summed E-state index contributed by atoms with van der Waals surface area (Å²) in [5.74, 6) is 0.563. The van der Waals surface area contributed by atoms with Crippen molar-refractivity contribution in [3.05, 3.63) is 58.6 Å². The standard InChI is InChI=1S/C23H22F3N5O3/c1-29-21-14-18(15-4-5-27-20(12-15)23(24,25)26)28-31(21)19-3-2-16(13-17(19)22(29)32)34-11-8-30-6-9-33-10-7-30/h2-5,12-14H,6-11H2,1H3. The fourth-order valence-corrected chi connectivity index (χ4v) is 4.04. The highest BCUT2D eigenvalue weighted by Crippen LogP contribution is 2.31. The fourth-order valence-electron chi connectivity index (χ4n) is 4.04. The molecule has 4 heterocycles. The highest BCUT2D eigenvalue weighted by molar-refractivity contribution is 5.83. The molecule has 1 aromatic carbocycles. The van der Waals surface area contributed by atoms with Gasteiger partial charge in [0.2, 0.25) is 0 Å². The van der Waals surface area contributed by atoms with Gasteiger partial charge in [-0.1, -0.05) is 0 Å². The third-order valence-corrected chi connectivity index (χ3v) is 5.89. The minimum absolute atomic E-state index is 0.252. The molecule has 0 N–H and O–H groups in total. The molecule has 4 aromatic rings. The number of fused-ring (bicyclic) bond motifs is 3. The van der Waals surface area contributed by atoms with Gasteiger partial charge in [0.05, 0.1) is 29.8 Å². The Hall–Kier alpha value is -3.44. The quantitative estimate of drug-likeness (QED) is 0.444. The second kappa shape index (κ2) is 8.73. The monoisotopic (exact) mass is 473 g/mol. The molecule has 34 heavy (non-hydrogen) atoms. The molecule has 0 unspecified atom stereocenters. The molecule has 1 aliphatic heterocycles. The Labute approximate surface area is 192 Å². The van der Waals surface area contributed by atoms with Crippen molar-refractivity contribution >= 4 is 16.6 Å². The zero-order valence-corrected chi connectivity index (χ0v) is 18.4. The van der Waals surface area contributed by atoms with Gasteiger partial charge in [-0.2, -0.15) is 18.3 Å². The van der Waals surface area contributed by atoms with Gasteiger partial charge < -0.3 is 9.47 Å². The van der Waals surface area contributed by atoms with Crippen LogP contribution in [0.3, 0.4) is 0 Å². The van der Waals surface area contributed by atoms with Crippen LogP contribution in [0.2, 0.25) is 0 Å². The summed E-state index contributed by atoms with van der Waals surface area (Å²) in [5.41, 5.74) is 0.308. The smallest absolute Gasteiger partial charge is 0.433 e. The molecule has 0 radical (unpaired) electrons. The van der Waals surface area contributed by atoms with Crippen LogP contribution in [0.25, 0.3) is 27.8 Å². The summed E-state index contributed by atoms with van der Waals surface area (Å²) in [6.07, 6.45) is -3.47. The van der Waals surface area contributed by atoms with Gasteiger partial charge in [-0.05, 0) is 30.3 Å². The van der Waals surface area contributed by atoms with Crippen molar-refractivity contribution in [2.75, 3.05) is 39.5 Å². The number of halogens is 3. The van der Waals surface area contributed by atoms with Gasteiger partial charge in [-0.3, -0.25) is 19.2 Å². The van der Waals surface area contributed by atoms with Crippen molar-refractivity contribution < 1.29 is 22.6 Å². The van der Waals surface area contributed by atoms with Crippen LogP contribution in [0.5, 0.6) is 5.75 Å². The summed E-state index contributed by atoms with van der Waals surface area (Å²) in [6.45, 7) is 4.39. The minimum Gasteiger partial charge on any atom is -0.492 e. The van der Waals surface area contributed by atoms with Crippen LogP contribution < -0.4 is 10.3 Å². The summed E-state index contributed by atoms with van der Waals surface area (Å²) in [5, 5.41) is 4.89. The number of hydrogen-bond acceptors (Lipinski definition) is 6. The Morgan fingerprint density at radius 3 is 2.68 bits per heavy atom.